The van der Waals surface area contributed by atoms with Gasteiger partial charge in [-0.2, -0.15) is 0 Å². The number of nitrogens with one attached hydrogen (secondary N) is 1. The van der Waals surface area contributed by atoms with Gasteiger partial charge in [0, 0.05) is 69.3 Å². The number of ether oxygens (including phenoxy) is 1. The molecule has 0 radical (unpaired) electrons. The quantitative estimate of drug-likeness (QED) is 0.545. The summed E-state index contributed by atoms with van der Waals surface area (Å²) in [5.74, 6) is -1.92. The monoisotopic (exact) mass is 598 g/mol. The molecule has 1 fully saturated rings. The second kappa shape index (κ2) is 10.8. The van der Waals surface area contributed by atoms with Gasteiger partial charge in [-0.3, -0.25) is 9.59 Å². The van der Waals surface area contributed by atoms with Crippen molar-refractivity contribution in [2.45, 2.75) is 18.9 Å². The molecule has 1 N–H and O–H groups in total. The van der Waals surface area contributed by atoms with Gasteiger partial charge in [-0.05, 0) is 47.4 Å². The molecule has 0 bridgehead atoms. The number of sulfone groups is 1. The molecule has 1 aliphatic carbocycles. The first kappa shape index (κ1) is 28.4. The number of anilines is 1. The summed E-state index contributed by atoms with van der Waals surface area (Å²) in [7, 11) is -1.85. The van der Waals surface area contributed by atoms with Crippen LogP contribution < -0.4 is 15.8 Å². The average molecular weight is 599 g/mol. The van der Waals surface area contributed by atoms with E-state index in [9.17, 15) is 22.4 Å². The van der Waals surface area contributed by atoms with Crippen LogP contribution in [0.25, 0.3) is 11.3 Å². The van der Waals surface area contributed by atoms with Crippen molar-refractivity contribution in [2.75, 3.05) is 49.8 Å². The van der Waals surface area contributed by atoms with Crippen molar-refractivity contribution in [1.29, 1.82) is 0 Å². The molecule has 2 atom stereocenters. The summed E-state index contributed by atoms with van der Waals surface area (Å²) in [6.07, 6.45) is 6.98. The summed E-state index contributed by atoms with van der Waals surface area (Å²) in [6, 6.07) is 4.64. The van der Waals surface area contributed by atoms with E-state index in [0.29, 0.717) is 67.2 Å². The summed E-state index contributed by atoms with van der Waals surface area (Å²) in [5, 5.41) is 3.44. The predicted molar refractivity (Wildman–Crippen MR) is 155 cm³/mol. The minimum absolute atomic E-state index is 0.0131. The number of aromatic nitrogens is 1. The smallest absolute Gasteiger partial charge is 0.260 e. The first-order valence-corrected chi connectivity index (χ1v) is 16.0. The Kier molecular flexibility index (Phi) is 7.30. The summed E-state index contributed by atoms with van der Waals surface area (Å²) in [5.41, 5.74) is 3.09. The number of amides is 1. The lowest BCUT2D eigenvalue weighted by molar-refractivity contribution is -0.135. The van der Waals surface area contributed by atoms with Gasteiger partial charge in [0.25, 0.3) is 5.56 Å². The van der Waals surface area contributed by atoms with Gasteiger partial charge in [0.2, 0.25) is 5.91 Å². The highest BCUT2D eigenvalue weighted by atomic mass is 32.2. The maximum atomic E-state index is 15.3. The van der Waals surface area contributed by atoms with Crippen LogP contribution in [0.1, 0.15) is 24.0 Å². The number of hydrogen-bond acceptors (Lipinski definition) is 7. The van der Waals surface area contributed by atoms with E-state index in [1.165, 1.54) is 16.7 Å². The number of carbonyl (C=O) groups excluding carboxylic acids is 1. The summed E-state index contributed by atoms with van der Waals surface area (Å²) in [4.78, 5) is 30.2. The summed E-state index contributed by atoms with van der Waals surface area (Å²) >= 11 is 0. The van der Waals surface area contributed by atoms with Crippen molar-refractivity contribution < 1.29 is 26.7 Å². The topological polar surface area (TPSA) is 101 Å². The maximum Gasteiger partial charge on any atom is 0.260 e. The zero-order valence-electron chi connectivity index (χ0n) is 23.4. The van der Waals surface area contributed by atoms with E-state index >= 15 is 4.39 Å². The van der Waals surface area contributed by atoms with Crippen molar-refractivity contribution in [3.63, 3.8) is 0 Å². The number of benzene rings is 1. The van der Waals surface area contributed by atoms with Crippen molar-refractivity contribution >= 4 is 32.7 Å². The molecule has 3 aliphatic heterocycles. The third-order valence-electron chi connectivity index (χ3n) is 8.33. The van der Waals surface area contributed by atoms with Gasteiger partial charge in [0.15, 0.2) is 9.84 Å². The van der Waals surface area contributed by atoms with E-state index in [0.717, 1.165) is 17.9 Å². The Bertz CT molecular complexity index is 1720. The molecule has 6 rings (SSSR count). The van der Waals surface area contributed by atoms with Crippen molar-refractivity contribution in [2.24, 2.45) is 13.0 Å². The SMILES string of the molecule is Cn1ccc2c(c1=O)C1=C3C(=CN(c4ccc(F)cc4F)C3C(CCC(=O)N3CCOCC3)CN1)C=C2CS(C)(=O)=O. The first-order chi connectivity index (χ1) is 20.0. The summed E-state index contributed by atoms with van der Waals surface area (Å²) in [6.45, 7) is 2.45. The molecule has 42 heavy (non-hydrogen) atoms. The number of pyridine rings is 1. The Balaban J connectivity index is 1.48. The van der Waals surface area contributed by atoms with Crippen molar-refractivity contribution in [1.82, 2.24) is 14.8 Å². The van der Waals surface area contributed by atoms with Gasteiger partial charge in [-0.25, -0.2) is 17.2 Å². The van der Waals surface area contributed by atoms with Gasteiger partial charge >= 0.3 is 0 Å². The fraction of sp³-hybridized carbons (Fsp3) is 0.400. The Morgan fingerprint density at radius 3 is 2.64 bits per heavy atom. The summed E-state index contributed by atoms with van der Waals surface area (Å²) < 4.78 is 60.9. The maximum absolute atomic E-state index is 15.3. The molecule has 1 saturated heterocycles. The molecule has 0 saturated carbocycles. The highest BCUT2D eigenvalue weighted by Crippen LogP contribution is 2.47. The number of aryl methyl sites for hydroxylation is 1. The molecule has 222 valence electrons. The molecule has 9 nitrogen and oxygen atoms in total. The van der Waals surface area contributed by atoms with Crippen LogP contribution in [0.2, 0.25) is 0 Å². The van der Waals surface area contributed by atoms with E-state index in [2.05, 4.69) is 5.32 Å². The Labute approximate surface area is 242 Å². The Morgan fingerprint density at radius 1 is 1.17 bits per heavy atom. The molecule has 1 aromatic heterocycles. The molecule has 4 heterocycles. The van der Waals surface area contributed by atoms with Crippen LogP contribution in [-0.4, -0.2) is 74.7 Å². The van der Waals surface area contributed by atoms with Crippen LogP contribution >= 0.6 is 0 Å². The molecular weight excluding hydrogens is 566 g/mol. The van der Waals surface area contributed by atoms with Gasteiger partial charge in [-0.15, -0.1) is 0 Å². The average Bonchev–Trinajstić information content (AvgIpc) is 3.25. The molecule has 0 spiro atoms. The van der Waals surface area contributed by atoms with Gasteiger partial charge in [-0.1, -0.05) is 0 Å². The number of rotatable bonds is 6. The molecule has 12 heteroatoms. The number of hydrogen-bond donors (Lipinski definition) is 1. The van der Waals surface area contributed by atoms with Crippen LogP contribution in [0.15, 0.2) is 58.7 Å². The minimum atomic E-state index is -3.48. The Hall–Kier alpha value is -3.77. The van der Waals surface area contributed by atoms with E-state index in [4.69, 9.17) is 4.74 Å². The second-order valence-electron chi connectivity index (χ2n) is 11.3. The lowest BCUT2D eigenvalue weighted by Crippen LogP contribution is -2.47. The van der Waals surface area contributed by atoms with Crippen molar-refractivity contribution in [3.05, 3.63) is 87.0 Å². The zero-order chi connectivity index (χ0) is 29.8. The molecular formula is C30H32F2N4O5S. The number of fused-ring (bicyclic) bond motifs is 2. The lowest BCUT2D eigenvalue weighted by Gasteiger charge is -2.39. The van der Waals surface area contributed by atoms with Crippen LogP contribution in [0, 0.1) is 17.6 Å². The highest BCUT2D eigenvalue weighted by molar-refractivity contribution is 7.91. The van der Waals surface area contributed by atoms with Crippen LogP contribution in [0.4, 0.5) is 14.5 Å². The molecule has 2 aromatic rings. The van der Waals surface area contributed by atoms with E-state index in [-0.39, 0.29) is 35.2 Å². The Morgan fingerprint density at radius 2 is 1.93 bits per heavy atom. The minimum Gasteiger partial charge on any atom is -0.384 e. The zero-order valence-corrected chi connectivity index (χ0v) is 24.2. The van der Waals surface area contributed by atoms with Gasteiger partial charge < -0.3 is 24.4 Å². The molecule has 1 aromatic carbocycles. The van der Waals surface area contributed by atoms with E-state index in [1.807, 2.05) is 0 Å². The highest BCUT2D eigenvalue weighted by Gasteiger charge is 2.44. The van der Waals surface area contributed by atoms with E-state index in [1.54, 1.807) is 41.4 Å². The van der Waals surface area contributed by atoms with E-state index < -0.39 is 27.5 Å². The van der Waals surface area contributed by atoms with Crippen LogP contribution in [0.5, 0.6) is 0 Å². The number of carbonyl (C=O) groups is 1. The van der Waals surface area contributed by atoms with Crippen molar-refractivity contribution in [3.8, 4) is 0 Å². The molecule has 1 amide bonds. The molecule has 2 unspecified atom stereocenters. The molecule has 4 aliphatic rings. The first-order valence-electron chi connectivity index (χ1n) is 13.9. The van der Waals surface area contributed by atoms with Crippen LogP contribution in [-0.2, 0) is 26.4 Å². The fourth-order valence-electron chi connectivity index (χ4n) is 6.40. The normalized spacial score (nSPS) is 21.7. The van der Waals surface area contributed by atoms with Gasteiger partial charge in [0.05, 0.1) is 42.0 Å². The second-order valence-corrected chi connectivity index (χ2v) is 13.4. The third-order valence-corrected chi connectivity index (χ3v) is 9.17. The number of morpholine rings is 1. The largest absolute Gasteiger partial charge is 0.384 e. The third kappa shape index (κ3) is 5.17. The number of nitrogens with zero attached hydrogens (tertiary/aromatic N) is 3. The van der Waals surface area contributed by atoms with Gasteiger partial charge in [0.1, 0.15) is 11.6 Å². The predicted octanol–water partition coefficient (Wildman–Crippen LogP) is 2.45. The van der Waals surface area contributed by atoms with Crippen LogP contribution in [0.3, 0.4) is 0 Å². The fourth-order valence-corrected chi connectivity index (χ4v) is 7.20. The number of allylic oxidation sites excluding steroid dienone is 1. The number of halogens is 2. The standard InChI is InChI=1S/C30H32F2N4O5S/c1-34-8-7-22-20(17-42(2,39)40)13-19-16-36(24-5-4-21(31)14-23(24)32)29-18(3-6-25(37)35-9-11-41-12-10-35)15-33-28(26(19)29)27(22)30(34)38/h4-5,7-8,13-14,16,18,29,33H,3,6,9-12,15,17H2,1-2H3. The lowest BCUT2D eigenvalue weighted by atomic mass is 9.82.